The monoisotopic (exact) mass is 536 g/mol. The van der Waals surface area contributed by atoms with Crippen LogP contribution in [0.2, 0.25) is 0 Å². The molecule has 0 fully saturated rings. The highest BCUT2D eigenvalue weighted by Crippen LogP contribution is 2.44. The Balaban J connectivity index is 1.91. The zero-order valence-electron chi connectivity index (χ0n) is 19.6. The Morgan fingerprint density at radius 3 is 2.49 bits per heavy atom. The van der Waals surface area contributed by atoms with Crippen LogP contribution < -0.4 is 11.1 Å². The van der Waals surface area contributed by atoms with Crippen molar-refractivity contribution in [3.8, 4) is 11.1 Å². The average molecular weight is 536 g/mol. The lowest BCUT2D eigenvalue weighted by atomic mass is 10.0. The number of carbonyl (C=O) groups excluding carboxylic acids is 2. The van der Waals surface area contributed by atoms with Crippen LogP contribution >= 0.6 is 11.3 Å². The predicted octanol–water partition coefficient (Wildman–Crippen LogP) is 3.66. The first kappa shape index (κ1) is 25.7. The molecule has 0 saturated carbocycles. The quantitative estimate of drug-likeness (QED) is 0.269. The van der Waals surface area contributed by atoms with Crippen LogP contribution in [0.25, 0.3) is 21.3 Å². The molecule has 37 heavy (non-hydrogen) atoms. The van der Waals surface area contributed by atoms with Gasteiger partial charge >= 0.3 is 12.0 Å². The fraction of sp³-hybridized carbons (Fsp3) is 0.286. The maximum Gasteiger partial charge on any atom is 0.433 e. The van der Waals surface area contributed by atoms with Crippen LogP contribution in [0.4, 0.5) is 24.7 Å². The summed E-state index contributed by atoms with van der Waals surface area (Å²) in [5.74, 6) is -2.25. The molecule has 2 amide bonds. The molecule has 4 heterocycles. The van der Waals surface area contributed by atoms with E-state index in [0.29, 0.717) is 34.8 Å². The van der Waals surface area contributed by atoms with Gasteiger partial charge < -0.3 is 21.2 Å². The normalized spacial score (nSPS) is 11.7. The molecular weight excluding hydrogens is 517 g/mol. The lowest BCUT2D eigenvalue weighted by Gasteiger charge is -2.12. The lowest BCUT2D eigenvalue weighted by Crippen LogP contribution is -2.22. The van der Waals surface area contributed by atoms with Crippen molar-refractivity contribution in [3.05, 3.63) is 50.4 Å². The fourth-order valence-corrected chi connectivity index (χ4v) is 4.90. The van der Waals surface area contributed by atoms with E-state index in [2.05, 4.69) is 20.5 Å². The van der Waals surface area contributed by atoms with E-state index in [1.165, 1.54) is 19.2 Å². The number of fused-ring (bicyclic) bond motifs is 1. The second kappa shape index (κ2) is 9.27. The van der Waals surface area contributed by atoms with Crippen molar-refractivity contribution in [1.29, 1.82) is 0 Å². The second-order valence-electron chi connectivity index (χ2n) is 7.97. The van der Waals surface area contributed by atoms with Gasteiger partial charge in [0.15, 0.2) is 6.54 Å². The molecule has 12 nitrogen and oxygen atoms in total. The van der Waals surface area contributed by atoms with Gasteiger partial charge in [0, 0.05) is 23.2 Å². The van der Waals surface area contributed by atoms with Crippen molar-refractivity contribution in [2.75, 3.05) is 5.32 Å². The van der Waals surface area contributed by atoms with Gasteiger partial charge in [-0.05, 0) is 37.3 Å². The summed E-state index contributed by atoms with van der Waals surface area (Å²) < 4.78 is 43.5. The number of nitrogens with zero attached hydrogens (tertiary/aromatic N) is 6. The number of nitrogens with two attached hydrogens (primary N) is 1. The Morgan fingerprint density at radius 1 is 1.22 bits per heavy atom. The first-order valence-corrected chi connectivity index (χ1v) is 11.5. The molecule has 4 rings (SSSR count). The van der Waals surface area contributed by atoms with Gasteiger partial charge in [0.25, 0.3) is 11.8 Å². The third-order valence-electron chi connectivity index (χ3n) is 5.49. The number of amides is 2. The minimum absolute atomic E-state index is 0.0366. The van der Waals surface area contributed by atoms with Crippen molar-refractivity contribution in [3.63, 3.8) is 0 Å². The summed E-state index contributed by atoms with van der Waals surface area (Å²) in [6.07, 6.45) is -3.41. The zero-order valence-corrected chi connectivity index (χ0v) is 20.4. The number of rotatable bonds is 7. The van der Waals surface area contributed by atoms with E-state index in [0.717, 1.165) is 10.7 Å². The highest BCUT2D eigenvalue weighted by atomic mass is 32.1. The molecule has 0 atom stereocenters. The topological polar surface area (TPSA) is 164 Å². The summed E-state index contributed by atoms with van der Waals surface area (Å²) in [5.41, 5.74) is 5.36. The summed E-state index contributed by atoms with van der Waals surface area (Å²) in [6, 6.07) is 2.00. The third kappa shape index (κ3) is 4.74. The molecule has 0 radical (unpaired) electrons. The fourth-order valence-electron chi connectivity index (χ4n) is 3.89. The molecule has 16 heteroatoms. The van der Waals surface area contributed by atoms with Gasteiger partial charge in [-0.1, -0.05) is 5.10 Å². The number of aryl methyl sites for hydroxylation is 2. The van der Waals surface area contributed by atoms with E-state index in [1.54, 1.807) is 11.6 Å². The number of aromatic nitrogens is 5. The molecule has 0 aromatic carbocycles. The number of pyridine rings is 1. The van der Waals surface area contributed by atoms with Crippen molar-refractivity contribution in [2.24, 2.45) is 5.73 Å². The van der Waals surface area contributed by atoms with E-state index in [9.17, 15) is 32.9 Å². The standard InChI is InChI=1S/C21H19F3N8O4S/c1-4-30-10(3)12(7-26-30)11-6-13(21(22,23)24)27-20-16(11)17(18(37-20)19(25)34)28-14(33)8-31-15(32(35)36)5-9(2)29-31/h5-7H,4,8H2,1-3H3,(H2,25,34)(H,28,33). The molecule has 0 bridgehead atoms. The van der Waals surface area contributed by atoms with Gasteiger partial charge in [-0.2, -0.15) is 18.3 Å². The van der Waals surface area contributed by atoms with Gasteiger partial charge in [0.2, 0.25) is 0 Å². The second-order valence-corrected chi connectivity index (χ2v) is 8.97. The van der Waals surface area contributed by atoms with Crippen LogP contribution in [0.1, 0.15) is 33.7 Å². The molecule has 194 valence electrons. The van der Waals surface area contributed by atoms with Crippen molar-refractivity contribution < 1.29 is 27.7 Å². The number of thiophene rings is 1. The van der Waals surface area contributed by atoms with Crippen LogP contribution in [0.3, 0.4) is 0 Å². The summed E-state index contributed by atoms with van der Waals surface area (Å²) in [5, 5.41) is 21.9. The predicted molar refractivity (Wildman–Crippen MR) is 127 cm³/mol. The van der Waals surface area contributed by atoms with Crippen LogP contribution in [0.5, 0.6) is 0 Å². The first-order chi connectivity index (χ1) is 17.3. The molecular formula is C21H19F3N8O4S. The molecule has 3 N–H and O–H groups in total. The number of primary amides is 1. The van der Waals surface area contributed by atoms with Gasteiger partial charge in [-0.25, -0.2) is 4.98 Å². The Morgan fingerprint density at radius 2 is 1.92 bits per heavy atom. The minimum Gasteiger partial charge on any atom is -0.365 e. The van der Waals surface area contributed by atoms with Crippen molar-refractivity contribution >= 4 is 44.9 Å². The first-order valence-electron chi connectivity index (χ1n) is 10.7. The maximum absolute atomic E-state index is 13.7. The summed E-state index contributed by atoms with van der Waals surface area (Å²) in [4.78, 5) is 39.0. The summed E-state index contributed by atoms with van der Waals surface area (Å²) >= 11 is 0.592. The van der Waals surface area contributed by atoms with E-state index >= 15 is 0 Å². The zero-order chi connectivity index (χ0) is 27.2. The number of hydrogen-bond donors (Lipinski definition) is 2. The number of halogens is 3. The molecule has 0 aliphatic carbocycles. The van der Waals surface area contributed by atoms with Crippen LogP contribution in [-0.2, 0) is 24.1 Å². The Hall–Kier alpha value is -4.34. The number of carbonyl (C=O) groups is 2. The molecule has 0 aliphatic heterocycles. The van der Waals surface area contributed by atoms with E-state index in [1.807, 2.05) is 6.92 Å². The number of anilines is 1. The van der Waals surface area contributed by atoms with Crippen LogP contribution in [0.15, 0.2) is 18.3 Å². The SMILES string of the molecule is CCn1ncc(-c2cc(C(F)(F)F)nc3sc(C(N)=O)c(NC(=O)Cn4nc(C)cc4[N+](=O)[O-])c23)c1C. The number of nitrogens with one attached hydrogen (secondary N) is 1. The van der Waals surface area contributed by atoms with Gasteiger partial charge in [0.05, 0.1) is 23.6 Å². The lowest BCUT2D eigenvalue weighted by molar-refractivity contribution is -0.392. The summed E-state index contributed by atoms with van der Waals surface area (Å²) in [6.45, 7) is 4.84. The van der Waals surface area contributed by atoms with Gasteiger partial charge in [-0.15, -0.1) is 16.0 Å². The van der Waals surface area contributed by atoms with Crippen molar-refractivity contribution in [1.82, 2.24) is 24.5 Å². The number of hydrogen-bond acceptors (Lipinski definition) is 8. The molecule has 4 aromatic rings. The molecule has 0 aliphatic rings. The highest BCUT2D eigenvalue weighted by molar-refractivity contribution is 7.21. The maximum atomic E-state index is 13.7. The molecule has 0 unspecified atom stereocenters. The number of nitro groups is 1. The van der Waals surface area contributed by atoms with Gasteiger partial charge in [0.1, 0.15) is 15.4 Å². The van der Waals surface area contributed by atoms with Gasteiger partial charge in [-0.3, -0.25) is 14.3 Å². The Kier molecular flexibility index (Phi) is 6.45. The van der Waals surface area contributed by atoms with E-state index in [4.69, 9.17) is 5.73 Å². The Bertz CT molecular complexity index is 1570. The Labute approximate surface area is 210 Å². The highest BCUT2D eigenvalue weighted by Gasteiger charge is 2.35. The molecule has 4 aromatic heterocycles. The molecule has 0 saturated heterocycles. The van der Waals surface area contributed by atoms with E-state index in [-0.39, 0.29) is 26.3 Å². The average Bonchev–Trinajstić information content (AvgIpc) is 3.47. The largest absolute Gasteiger partial charge is 0.433 e. The minimum atomic E-state index is -4.80. The third-order valence-corrected chi connectivity index (χ3v) is 6.59. The van der Waals surface area contributed by atoms with E-state index < -0.39 is 41.0 Å². The molecule has 0 spiro atoms. The van der Waals surface area contributed by atoms with Crippen LogP contribution in [-0.4, -0.2) is 41.3 Å². The van der Waals surface area contributed by atoms with Crippen LogP contribution in [0, 0.1) is 24.0 Å². The number of alkyl halides is 3. The smallest absolute Gasteiger partial charge is 0.365 e. The van der Waals surface area contributed by atoms with Crippen molar-refractivity contribution in [2.45, 2.75) is 40.0 Å². The summed E-state index contributed by atoms with van der Waals surface area (Å²) in [7, 11) is 0.